The van der Waals surface area contributed by atoms with Crippen LogP contribution >= 0.6 is 23.2 Å². The fourth-order valence-electron chi connectivity index (χ4n) is 5.39. The second kappa shape index (κ2) is 10.4. The Bertz CT molecular complexity index is 1240. The van der Waals surface area contributed by atoms with Crippen molar-refractivity contribution in [3.63, 3.8) is 0 Å². The lowest BCUT2D eigenvalue weighted by atomic mass is 9.69. The van der Waals surface area contributed by atoms with E-state index in [0.717, 1.165) is 49.1 Å². The highest BCUT2D eigenvalue weighted by atomic mass is 35.5. The predicted octanol–water partition coefficient (Wildman–Crippen LogP) is 7.42. The molecular weight excluding hydrogens is 493 g/mol. The molecule has 7 heteroatoms. The number of allylic oxidation sites excluding steroid dienone is 1. The summed E-state index contributed by atoms with van der Waals surface area (Å²) in [6.07, 6.45) is 6.91. The highest BCUT2D eigenvalue weighted by Gasteiger charge is 2.44. The van der Waals surface area contributed by atoms with Crippen molar-refractivity contribution < 1.29 is 9.32 Å². The average Bonchev–Trinajstić information content (AvgIpc) is 3.60. The van der Waals surface area contributed by atoms with E-state index in [2.05, 4.69) is 23.1 Å². The molecule has 1 aromatic heterocycles. The highest BCUT2D eigenvalue weighted by Crippen LogP contribution is 2.44. The highest BCUT2D eigenvalue weighted by molar-refractivity contribution is 6.30. The lowest BCUT2D eigenvalue weighted by Gasteiger charge is -2.43. The van der Waals surface area contributed by atoms with Gasteiger partial charge in [-0.2, -0.15) is 4.98 Å². The molecule has 2 heterocycles. The molecule has 4 atom stereocenters. The van der Waals surface area contributed by atoms with Crippen LogP contribution in [0.5, 0.6) is 0 Å². The fraction of sp³-hybridized carbons (Fsp3) is 0.414. The summed E-state index contributed by atoms with van der Waals surface area (Å²) in [4.78, 5) is 18.0. The number of carbonyl (C=O) groups excluding carboxylic acids is 1. The molecule has 1 aliphatic carbocycles. The summed E-state index contributed by atoms with van der Waals surface area (Å²) in [7, 11) is 0. The van der Waals surface area contributed by atoms with E-state index in [4.69, 9.17) is 32.7 Å². The number of halogens is 2. The second-order valence-electron chi connectivity index (χ2n) is 10.4. The number of nitrogens with one attached hydrogen (secondary N) is 1. The van der Waals surface area contributed by atoms with E-state index >= 15 is 0 Å². The molecule has 1 N–H and O–H groups in total. The minimum Gasteiger partial charge on any atom is -0.352 e. The molecule has 1 saturated carbocycles. The van der Waals surface area contributed by atoms with Crippen LogP contribution in [0.25, 0.3) is 0 Å². The zero-order valence-electron chi connectivity index (χ0n) is 20.4. The number of nitrogens with zero attached hydrogens (tertiary/aromatic N) is 2. The van der Waals surface area contributed by atoms with Crippen molar-refractivity contribution in [2.24, 2.45) is 5.41 Å². The number of piperidine rings is 1. The zero-order valence-corrected chi connectivity index (χ0v) is 21.9. The number of benzene rings is 2. The van der Waals surface area contributed by atoms with Crippen LogP contribution in [0, 0.1) is 5.41 Å². The Labute approximate surface area is 222 Å². The first-order valence-corrected chi connectivity index (χ1v) is 13.4. The maximum atomic E-state index is 13.2. The van der Waals surface area contributed by atoms with Crippen molar-refractivity contribution >= 4 is 29.1 Å². The Kier molecular flexibility index (Phi) is 7.23. The van der Waals surface area contributed by atoms with Crippen LogP contribution < -0.4 is 5.32 Å². The quantitative estimate of drug-likeness (QED) is 0.296. The molecule has 0 radical (unpaired) electrons. The maximum Gasteiger partial charge on any atom is 0.234 e. The molecule has 2 aliphatic rings. The predicted molar refractivity (Wildman–Crippen MR) is 142 cm³/mol. The summed E-state index contributed by atoms with van der Waals surface area (Å²) in [5.41, 5.74) is 1.70. The molecule has 0 spiro atoms. The van der Waals surface area contributed by atoms with E-state index in [9.17, 15) is 4.79 Å². The van der Waals surface area contributed by atoms with E-state index in [1.165, 1.54) is 0 Å². The van der Waals surface area contributed by atoms with Crippen molar-refractivity contribution in [1.82, 2.24) is 15.5 Å². The lowest BCUT2D eigenvalue weighted by molar-refractivity contribution is -0.134. The molecule has 188 valence electrons. The molecule has 2 aromatic carbocycles. The number of hydrogen-bond acceptors (Lipinski definition) is 4. The molecule has 0 bridgehead atoms. The molecule has 2 fully saturated rings. The van der Waals surface area contributed by atoms with Crippen LogP contribution in [0.3, 0.4) is 0 Å². The normalized spacial score (nSPS) is 24.8. The first-order valence-electron chi connectivity index (χ1n) is 12.6. The summed E-state index contributed by atoms with van der Waals surface area (Å²) in [5.74, 6) is 1.95. The van der Waals surface area contributed by atoms with Gasteiger partial charge in [-0.15, -0.1) is 6.58 Å². The van der Waals surface area contributed by atoms with Gasteiger partial charge in [0.1, 0.15) is 0 Å². The molecule has 1 aliphatic heterocycles. The Balaban J connectivity index is 1.42. The minimum absolute atomic E-state index is 0.0468. The Morgan fingerprint density at radius 2 is 1.97 bits per heavy atom. The molecule has 1 saturated heterocycles. The van der Waals surface area contributed by atoms with Crippen LogP contribution in [-0.2, 0) is 4.79 Å². The topological polar surface area (TPSA) is 68.0 Å². The van der Waals surface area contributed by atoms with E-state index in [1.54, 1.807) is 0 Å². The molecule has 36 heavy (non-hydrogen) atoms. The van der Waals surface area contributed by atoms with Gasteiger partial charge in [0.2, 0.25) is 11.8 Å². The van der Waals surface area contributed by atoms with Gasteiger partial charge >= 0.3 is 0 Å². The van der Waals surface area contributed by atoms with E-state index in [-0.39, 0.29) is 23.8 Å². The molecule has 1 amide bonds. The van der Waals surface area contributed by atoms with Gasteiger partial charge in [-0.25, -0.2) is 0 Å². The number of carbonyl (C=O) groups is 1. The van der Waals surface area contributed by atoms with Crippen LogP contribution in [-0.4, -0.2) is 22.1 Å². The SMILES string of the molecule is C=CC[C@@]1(C)C[C@H](c2cccc(Cl)c2)[C@H](CC[C@H](c2ccc(Cl)cc2)c2nc(C3CC3)no2)NC1=O. The Morgan fingerprint density at radius 3 is 2.67 bits per heavy atom. The number of hydrogen-bond donors (Lipinski definition) is 1. The molecule has 5 rings (SSSR count). The lowest BCUT2D eigenvalue weighted by Crippen LogP contribution is -2.53. The number of rotatable bonds is 9. The van der Waals surface area contributed by atoms with Crippen molar-refractivity contribution in [2.75, 3.05) is 0 Å². The third kappa shape index (κ3) is 5.37. The van der Waals surface area contributed by atoms with Gasteiger partial charge in [0.25, 0.3) is 0 Å². The summed E-state index contributed by atoms with van der Waals surface area (Å²) in [6, 6.07) is 15.7. The van der Waals surface area contributed by atoms with Gasteiger partial charge < -0.3 is 9.84 Å². The number of aromatic nitrogens is 2. The fourth-order valence-corrected chi connectivity index (χ4v) is 5.71. The van der Waals surface area contributed by atoms with Gasteiger partial charge in [-0.3, -0.25) is 4.79 Å². The van der Waals surface area contributed by atoms with Crippen molar-refractivity contribution in [3.05, 3.63) is 94.1 Å². The number of amides is 1. The first kappa shape index (κ1) is 25.0. The Hall–Kier alpha value is -2.63. The average molecular weight is 524 g/mol. The Morgan fingerprint density at radius 1 is 1.19 bits per heavy atom. The van der Waals surface area contributed by atoms with Gasteiger partial charge in [0, 0.05) is 27.9 Å². The van der Waals surface area contributed by atoms with E-state index in [0.29, 0.717) is 28.3 Å². The molecule has 5 nitrogen and oxygen atoms in total. The van der Waals surface area contributed by atoms with Gasteiger partial charge in [-0.05, 0) is 73.9 Å². The van der Waals surface area contributed by atoms with Gasteiger partial charge in [0.05, 0.1) is 11.3 Å². The summed E-state index contributed by atoms with van der Waals surface area (Å²) >= 11 is 12.5. The van der Waals surface area contributed by atoms with Gasteiger partial charge in [-0.1, -0.05) is 65.6 Å². The maximum absolute atomic E-state index is 13.2. The van der Waals surface area contributed by atoms with E-state index in [1.807, 2.05) is 55.5 Å². The smallest absolute Gasteiger partial charge is 0.234 e. The summed E-state index contributed by atoms with van der Waals surface area (Å²) in [6.45, 7) is 5.90. The molecule has 0 unspecified atom stereocenters. The van der Waals surface area contributed by atoms with Crippen LogP contribution in [0.15, 0.2) is 65.7 Å². The second-order valence-corrected chi connectivity index (χ2v) is 11.3. The first-order chi connectivity index (χ1) is 17.4. The van der Waals surface area contributed by atoms with Crippen molar-refractivity contribution in [2.45, 2.75) is 69.2 Å². The standard InChI is InChI=1S/C29H31Cl2N3O2/c1-3-15-29(2)17-24(20-5-4-6-22(31)16-20)25(32-28(29)35)14-13-23(18-9-11-21(30)12-10-18)27-33-26(34-36-27)19-7-8-19/h3-6,9-12,16,19,23-25H,1,7-8,13-15,17H2,2H3,(H,32,35)/t23-,24-,25+,29+/m1/s1. The summed E-state index contributed by atoms with van der Waals surface area (Å²) in [5, 5.41) is 8.98. The van der Waals surface area contributed by atoms with Gasteiger partial charge in [0.15, 0.2) is 5.82 Å². The van der Waals surface area contributed by atoms with E-state index < -0.39 is 5.41 Å². The molecule has 3 aromatic rings. The third-order valence-corrected chi connectivity index (χ3v) is 8.12. The zero-order chi connectivity index (χ0) is 25.3. The largest absolute Gasteiger partial charge is 0.352 e. The van der Waals surface area contributed by atoms with Crippen LogP contribution in [0.1, 0.15) is 86.0 Å². The third-order valence-electron chi connectivity index (χ3n) is 7.63. The minimum atomic E-state index is -0.507. The summed E-state index contributed by atoms with van der Waals surface area (Å²) < 4.78 is 5.76. The van der Waals surface area contributed by atoms with Crippen LogP contribution in [0.2, 0.25) is 10.0 Å². The van der Waals surface area contributed by atoms with Crippen molar-refractivity contribution in [3.8, 4) is 0 Å². The van der Waals surface area contributed by atoms with Crippen molar-refractivity contribution in [1.29, 1.82) is 0 Å². The molecular formula is C29H31Cl2N3O2. The monoisotopic (exact) mass is 523 g/mol. The van der Waals surface area contributed by atoms with Crippen LogP contribution in [0.4, 0.5) is 0 Å².